The van der Waals surface area contributed by atoms with Crippen LogP contribution in [0.2, 0.25) is 0 Å². The Labute approximate surface area is 183 Å². The minimum Gasteiger partial charge on any atom is -0.497 e. The number of ether oxygens (including phenoxy) is 4. The summed E-state index contributed by atoms with van der Waals surface area (Å²) in [6, 6.07) is 12.2. The van der Waals surface area contributed by atoms with Crippen molar-refractivity contribution in [3.63, 3.8) is 0 Å². The largest absolute Gasteiger partial charge is 0.497 e. The molecule has 1 amide bonds. The molecule has 32 heavy (non-hydrogen) atoms. The topological polar surface area (TPSA) is 117 Å². The lowest BCUT2D eigenvalue weighted by Gasteiger charge is -2.18. The zero-order valence-corrected chi connectivity index (χ0v) is 17.3. The third-order valence-electron chi connectivity index (χ3n) is 5.35. The number of methoxy groups -OCH3 is 1. The van der Waals surface area contributed by atoms with Crippen LogP contribution in [0.5, 0.6) is 5.75 Å². The number of hydrogen-bond acceptors (Lipinski definition) is 9. The van der Waals surface area contributed by atoms with E-state index < -0.39 is 12.2 Å². The van der Waals surface area contributed by atoms with Crippen molar-refractivity contribution in [2.45, 2.75) is 24.4 Å². The first kappa shape index (κ1) is 20.3. The van der Waals surface area contributed by atoms with Gasteiger partial charge < -0.3 is 28.7 Å². The standard InChI is InChI=1S/C22H22N4O6/c1-28-14-6-4-13(5-7-14)24-22(27)32-18-12-31-19-16(11-30-20(18)19)26-21-23-9-8-15(25-21)17-3-2-10-29-17/h2-10,16,18-20H,11-12H2,1H3,(H,24,27)(H,23,25,26)/t16-,18-,19-,20+/m0/s1. The molecule has 2 saturated heterocycles. The number of hydrogen-bond donors (Lipinski definition) is 2. The van der Waals surface area contributed by atoms with E-state index in [0.29, 0.717) is 35.4 Å². The quantitative estimate of drug-likeness (QED) is 0.599. The van der Waals surface area contributed by atoms with Gasteiger partial charge in [0, 0.05) is 11.9 Å². The number of nitrogens with one attached hydrogen (secondary N) is 2. The van der Waals surface area contributed by atoms with Crippen LogP contribution >= 0.6 is 0 Å². The van der Waals surface area contributed by atoms with E-state index in [9.17, 15) is 4.79 Å². The molecular formula is C22H22N4O6. The predicted molar refractivity (Wildman–Crippen MR) is 114 cm³/mol. The Morgan fingerprint density at radius 3 is 2.72 bits per heavy atom. The zero-order valence-electron chi connectivity index (χ0n) is 17.3. The number of benzene rings is 1. The molecule has 4 heterocycles. The van der Waals surface area contributed by atoms with Crippen LogP contribution in [-0.2, 0) is 14.2 Å². The smallest absolute Gasteiger partial charge is 0.412 e. The fourth-order valence-corrected chi connectivity index (χ4v) is 3.80. The van der Waals surface area contributed by atoms with Crippen LogP contribution in [0.25, 0.3) is 11.5 Å². The molecule has 3 aromatic rings. The Morgan fingerprint density at radius 1 is 1.09 bits per heavy atom. The summed E-state index contributed by atoms with van der Waals surface area (Å²) >= 11 is 0. The van der Waals surface area contributed by atoms with Crippen LogP contribution in [0.1, 0.15) is 0 Å². The maximum atomic E-state index is 12.3. The van der Waals surface area contributed by atoms with Gasteiger partial charge in [0.05, 0.1) is 32.6 Å². The number of aromatic nitrogens is 2. The fraction of sp³-hybridized carbons (Fsp3) is 0.318. The highest BCUT2D eigenvalue weighted by Gasteiger charge is 2.49. The number of carbonyl (C=O) groups is 1. The van der Waals surface area contributed by atoms with Crippen molar-refractivity contribution < 1.29 is 28.2 Å². The van der Waals surface area contributed by atoms with Gasteiger partial charge in [-0.3, -0.25) is 5.32 Å². The molecular weight excluding hydrogens is 416 g/mol. The number of amides is 1. The zero-order chi connectivity index (χ0) is 21.9. The highest BCUT2D eigenvalue weighted by atomic mass is 16.6. The second-order valence-electron chi connectivity index (χ2n) is 7.39. The highest BCUT2D eigenvalue weighted by molar-refractivity contribution is 5.84. The molecule has 5 rings (SSSR count). The second kappa shape index (κ2) is 8.85. The molecule has 2 aliphatic rings. The van der Waals surface area contributed by atoms with Crippen LogP contribution in [0, 0.1) is 0 Å². The van der Waals surface area contributed by atoms with Crippen LogP contribution in [0.15, 0.2) is 59.3 Å². The van der Waals surface area contributed by atoms with E-state index in [2.05, 4.69) is 20.6 Å². The Kier molecular flexibility index (Phi) is 5.61. The summed E-state index contributed by atoms with van der Waals surface area (Å²) in [6.07, 6.45) is 1.51. The molecule has 166 valence electrons. The van der Waals surface area contributed by atoms with E-state index in [1.54, 1.807) is 56.0 Å². The number of rotatable bonds is 6. The summed E-state index contributed by atoms with van der Waals surface area (Å²) < 4.78 is 27.8. The first-order chi connectivity index (χ1) is 15.7. The summed E-state index contributed by atoms with van der Waals surface area (Å²) in [7, 11) is 1.58. The molecule has 0 spiro atoms. The molecule has 2 aliphatic heterocycles. The van der Waals surface area contributed by atoms with Crippen molar-refractivity contribution in [3.8, 4) is 17.2 Å². The Balaban J connectivity index is 1.17. The maximum absolute atomic E-state index is 12.3. The van der Waals surface area contributed by atoms with Gasteiger partial charge in [-0.15, -0.1) is 0 Å². The van der Waals surface area contributed by atoms with Gasteiger partial charge in [-0.2, -0.15) is 0 Å². The monoisotopic (exact) mass is 438 g/mol. The summed E-state index contributed by atoms with van der Waals surface area (Å²) in [4.78, 5) is 21.1. The lowest BCUT2D eigenvalue weighted by molar-refractivity contribution is 0.00917. The third-order valence-corrected chi connectivity index (χ3v) is 5.35. The summed E-state index contributed by atoms with van der Waals surface area (Å²) in [5.41, 5.74) is 1.28. The summed E-state index contributed by atoms with van der Waals surface area (Å²) in [5.74, 6) is 1.80. The van der Waals surface area contributed by atoms with Crippen LogP contribution in [-0.4, -0.2) is 60.7 Å². The van der Waals surface area contributed by atoms with Crippen molar-refractivity contribution in [2.24, 2.45) is 0 Å². The van der Waals surface area contributed by atoms with E-state index in [0.717, 1.165) is 0 Å². The Hall–Kier alpha value is -3.63. The van der Waals surface area contributed by atoms with Crippen LogP contribution < -0.4 is 15.4 Å². The van der Waals surface area contributed by atoms with Crippen molar-refractivity contribution in [3.05, 3.63) is 54.9 Å². The number of anilines is 2. The summed E-state index contributed by atoms with van der Waals surface area (Å²) in [5, 5.41) is 5.96. The van der Waals surface area contributed by atoms with E-state index >= 15 is 0 Å². The van der Waals surface area contributed by atoms with E-state index in [1.807, 2.05) is 6.07 Å². The van der Waals surface area contributed by atoms with Crippen molar-refractivity contribution in [2.75, 3.05) is 31.0 Å². The van der Waals surface area contributed by atoms with Crippen molar-refractivity contribution >= 4 is 17.7 Å². The molecule has 10 heteroatoms. The number of carbonyl (C=O) groups excluding carboxylic acids is 1. The molecule has 2 aromatic heterocycles. The van der Waals surface area contributed by atoms with Gasteiger partial charge in [0.2, 0.25) is 5.95 Å². The van der Waals surface area contributed by atoms with Gasteiger partial charge in [0.25, 0.3) is 0 Å². The molecule has 0 unspecified atom stereocenters. The van der Waals surface area contributed by atoms with Gasteiger partial charge in [0.15, 0.2) is 11.9 Å². The minimum absolute atomic E-state index is 0.176. The van der Waals surface area contributed by atoms with E-state index in [1.165, 1.54) is 0 Å². The van der Waals surface area contributed by atoms with Gasteiger partial charge >= 0.3 is 6.09 Å². The molecule has 0 bridgehead atoms. The Morgan fingerprint density at radius 2 is 1.94 bits per heavy atom. The lowest BCUT2D eigenvalue weighted by atomic mass is 10.1. The maximum Gasteiger partial charge on any atom is 0.412 e. The van der Waals surface area contributed by atoms with Crippen molar-refractivity contribution in [1.29, 1.82) is 0 Å². The molecule has 1 aromatic carbocycles. The average molecular weight is 438 g/mol. The molecule has 2 N–H and O–H groups in total. The van der Waals surface area contributed by atoms with Crippen LogP contribution in [0.3, 0.4) is 0 Å². The van der Waals surface area contributed by atoms with Gasteiger partial charge in [-0.05, 0) is 42.5 Å². The number of fused-ring (bicyclic) bond motifs is 1. The SMILES string of the molecule is COc1ccc(NC(=O)O[C@H]2CO[C@@H]3[C@@H]2OC[C@@H]3Nc2nccc(-c3ccco3)n2)cc1. The number of furan rings is 1. The number of nitrogens with zero attached hydrogens (tertiary/aromatic N) is 2. The molecule has 0 radical (unpaired) electrons. The van der Waals surface area contributed by atoms with Crippen LogP contribution in [0.4, 0.5) is 16.4 Å². The summed E-state index contributed by atoms with van der Waals surface area (Å²) in [6.45, 7) is 0.625. The van der Waals surface area contributed by atoms with Gasteiger partial charge in [-0.25, -0.2) is 14.8 Å². The molecule has 4 atom stereocenters. The first-order valence-corrected chi connectivity index (χ1v) is 10.2. The fourth-order valence-electron chi connectivity index (χ4n) is 3.80. The first-order valence-electron chi connectivity index (χ1n) is 10.2. The second-order valence-corrected chi connectivity index (χ2v) is 7.39. The Bertz CT molecular complexity index is 1060. The van der Waals surface area contributed by atoms with Gasteiger partial charge in [0.1, 0.15) is 23.7 Å². The van der Waals surface area contributed by atoms with Gasteiger partial charge in [-0.1, -0.05) is 0 Å². The molecule has 0 aliphatic carbocycles. The van der Waals surface area contributed by atoms with E-state index in [4.69, 9.17) is 23.4 Å². The normalized spacial score (nSPS) is 24.0. The van der Waals surface area contributed by atoms with Crippen molar-refractivity contribution in [1.82, 2.24) is 9.97 Å². The minimum atomic E-state index is -0.570. The lowest BCUT2D eigenvalue weighted by Crippen LogP contribution is -2.38. The highest BCUT2D eigenvalue weighted by Crippen LogP contribution is 2.31. The predicted octanol–water partition coefficient (Wildman–Crippen LogP) is 2.94. The molecule has 10 nitrogen and oxygen atoms in total. The molecule has 2 fully saturated rings. The average Bonchev–Trinajstić information content (AvgIpc) is 3.55. The third kappa shape index (κ3) is 4.23. The van der Waals surface area contributed by atoms with E-state index in [-0.39, 0.29) is 24.9 Å². The molecule has 0 saturated carbocycles.